The van der Waals surface area contributed by atoms with Crippen LogP contribution in [0.2, 0.25) is 0 Å². The molecule has 24 heavy (non-hydrogen) atoms. The Bertz CT molecular complexity index is 722. The van der Waals surface area contributed by atoms with Crippen LogP contribution in [0.4, 0.5) is 0 Å². The van der Waals surface area contributed by atoms with Crippen LogP contribution in [-0.4, -0.2) is 41.2 Å². The van der Waals surface area contributed by atoms with E-state index < -0.39 is 0 Å². The van der Waals surface area contributed by atoms with Gasteiger partial charge in [-0.3, -0.25) is 0 Å². The van der Waals surface area contributed by atoms with Crippen LogP contribution in [-0.2, 0) is 22.3 Å². The van der Waals surface area contributed by atoms with Crippen LogP contribution in [0.1, 0.15) is 18.1 Å². The molecule has 0 spiro atoms. The van der Waals surface area contributed by atoms with Gasteiger partial charge in [-0.05, 0) is 41.7 Å². The Balaban J connectivity index is 1.95. The number of epoxide rings is 1. The van der Waals surface area contributed by atoms with Gasteiger partial charge >= 0.3 is 0 Å². The average molecular weight is 330 g/mol. The fraction of sp³-hybridized carbons (Fsp3) is 0.368. The summed E-state index contributed by atoms with van der Waals surface area (Å²) in [6.07, 6.45) is 1.40. The van der Waals surface area contributed by atoms with Crippen molar-refractivity contribution < 1.29 is 24.8 Å². The Hall–Kier alpha value is -2.24. The molecule has 2 aromatic rings. The van der Waals surface area contributed by atoms with Crippen molar-refractivity contribution in [3.63, 3.8) is 0 Å². The quantitative estimate of drug-likeness (QED) is 0.537. The van der Waals surface area contributed by atoms with E-state index >= 15 is 0 Å². The molecule has 1 aliphatic heterocycles. The molecule has 0 aliphatic carbocycles. The van der Waals surface area contributed by atoms with E-state index in [0.29, 0.717) is 37.2 Å². The van der Waals surface area contributed by atoms with Crippen molar-refractivity contribution in [3.8, 4) is 28.4 Å². The summed E-state index contributed by atoms with van der Waals surface area (Å²) < 4.78 is 10.7. The van der Waals surface area contributed by atoms with Gasteiger partial charge in [0.1, 0.15) is 23.4 Å². The number of hydrogen-bond acceptors (Lipinski definition) is 5. The molecule has 3 rings (SSSR count). The van der Waals surface area contributed by atoms with Crippen LogP contribution in [0.15, 0.2) is 30.3 Å². The summed E-state index contributed by atoms with van der Waals surface area (Å²) in [5.41, 5.74) is 2.98. The molecule has 3 N–H and O–H groups in total. The van der Waals surface area contributed by atoms with E-state index in [4.69, 9.17) is 9.47 Å². The van der Waals surface area contributed by atoms with Gasteiger partial charge < -0.3 is 24.8 Å². The summed E-state index contributed by atoms with van der Waals surface area (Å²) in [6.45, 7) is 3.75. The maximum atomic E-state index is 10.4. The average Bonchev–Trinajstić information content (AvgIpc) is 3.35. The molecule has 1 atom stereocenters. The van der Waals surface area contributed by atoms with E-state index in [1.165, 1.54) is 6.07 Å². The molecule has 1 aliphatic rings. The van der Waals surface area contributed by atoms with Crippen LogP contribution in [0.3, 0.4) is 0 Å². The SMILES string of the molecule is CCc1c(O)cc(O)c(-c2cccc(O)c2)c1CCOCC1CO1. The zero-order chi connectivity index (χ0) is 17.1. The lowest BCUT2D eigenvalue weighted by molar-refractivity contribution is 0.119. The van der Waals surface area contributed by atoms with Crippen LogP contribution >= 0.6 is 0 Å². The second-order valence-electron chi connectivity index (χ2n) is 5.93. The summed E-state index contributed by atoms with van der Waals surface area (Å²) in [5, 5.41) is 30.3. The number of phenols is 3. The van der Waals surface area contributed by atoms with Gasteiger partial charge in [0.05, 0.1) is 19.8 Å². The largest absolute Gasteiger partial charge is 0.508 e. The summed E-state index contributed by atoms with van der Waals surface area (Å²) >= 11 is 0. The van der Waals surface area contributed by atoms with E-state index in [-0.39, 0.29) is 23.4 Å². The summed E-state index contributed by atoms with van der Waals surface area (Å²) in [7, 11) is 0. The lowest BCUT2D eigenvalue weighted by Crippen LogP contribution is -2.07. The van der Waals surface area contributed by atoms with Gasteiger partial charge in [0.2, 0.25) is 0 Å². The molecule has 2 aromatic carbocycles. The van der Waals surface area contributed by atoms with Gasteiger partial charge in [0.25, 0.3) is 0 Å². The maximum Gasteiger partial charge on any atom is 0.127 e. The van der Waals surface area contributed by atoms with Crippen molar-refractivity contribution in [2.45, 2.75) is 25.9 Å². The minimum Gasteiger partial charge on any atom is -0.508 e. The minimum absolute atomic E-state index is 0.00386. The van der Waals surface area contributed by atoms with Gasteiger partial charge in [0.15, 0.2) is 0 Å². The molecule has 0 saturated carbocycles. The van der Waals surface area contributed by atoms with Crippen molar-refractivity contribution in [1.29, 1.82) is 0 Å². The highest BCUT2D eigenvalue weighted by molar-refractivity contribution is 5.77. The molecular formula is C19H22O5. The summed E-state index contributed by atoms with van der Waals surface area (Å²) in [6, 6.07) is 8.11. The third-order valence-electron chi connectivity index (χ3n) is 4.20. The van der Waals surface area contributed by atoms with Gasteiger partial charge in [-0.15, -0.1) is 0 Å². The molecular weight excluding hydrogens is 308 g/mol. The zero-order valence-corrected chi connectivity index (χ0v) is 13.7. The Morgan fingerprint density at radius 2 is 1.92 bits per heavy atom. The highest BCUT2D eigenvalue weighted by Crippen LogP contribution is 2.40. The maximum absolute atomic E-state index is 10.4. The van der Waals surface area contributed by atoms with Crippen LogP contribution in [0.5, 0.6) is 17.2 Å². The second kappa shape index (κ2) is 7.11. The Morgan fingerprint density at radius 1 is 1.12 bits per heavy atom. The van der Waals surface area contributed by atoms with E-state index in [1.807, 2.05) is 13.0 Å². The second-order valence-corrected chi connectivity index (χ2v) is 5.93. The monoisotopic (exact) mass is 330 g/mol. The fourth-order valence-corrected chi connectivity index (χ4v) is 2.96. The van der Waals surface area contributed by atoms with Crippen molar-refractivity contribution in [1.82, 2.24) is 0 Å². The van der Waals surface area contributed by atoms with Crippen LogP contribution in [0.25, 0.3) is 11.1 Å². The first-order valence-corrected chi connectivity index (χ1v) is 8.15. The minimum atomic E-state index is -0.00386. The molecule has 1 unspecified atom stereocenters. The fourth-order valence-electron chi connectivity index (χ4n) is 2.96. The summed E-state index contributed by atoms with van der Waals surface area (Å²) in [4.78, 5) is 0. The van der Waals surface area contributed by atoms with Crippen molar-refractivity contribution in [2.75, 3.05) is 19.8 Å². The van der Waals surface area contributed by atoms with E-state index in [1.54, 1.807) is 18.2 Å². The summed E-state index contributed by atoms with van der Waals surface area (Å²) in [5.74, 6) is 0.210. The van der Waals surface area contributed by atoms with E-state index in [9.17, 15) is 15.3 Å². The Kier molecular flexibility index (Phi) is 4.92. The Labute approximate surface area is 141 Å². The number of rotatable bonds is 7. The van der Waals surface area contributed by atoms with Gasteiger partial charge in [0, 0.05) is 11.6 Å². The predicted octanol–water partition coefficient (Wildman–Crippen LogP) is 2.99. The molecule has 0 amide bonds. The van der Waals surface area contributed by atoms with Gasteiger partial charge in [-0.25, -0.2) is 0 Å². The highest BCUT2D eigenvalue weighted by Gasteiger charge is 2.23. The van der Waals surface area contributed by atoms with Crippen molar-refractivity contribution in [3.05, 3.63) is 41.5 Å². The smallest absolute Gasteiger partial charge is 0.127 e. The third kappa shape index (κ3) is 3.63. The van der Waals surface area contributed by atoms with E-state index in [0.717, 1.165) is 17.7 Å². The molecule has 0 bridgehead atoms. The van der Waals surface area contributed by atoms with Crippen molar-refractivity contribution in [2.24, 2.45) is 0 Å². The first kappa shape index (κ1) is 16.6. The predicted molar refractivity (Wildman–Crippen MR) is 90.5 cm³/mol. The Morgan fingerprint density at radius 3 is 2.58 bits per heavy atom. The molecule has 5 nitrogen and oxygen atoms in total. The van der Waals surface area contributed by atoms with Gasteiger partial charge in [-0.1, -0.05) is 19.1 Å². The number of aromatic hydroxyl groups is 3. The van der Waals surface area contributed by atoms with Gasteiger partial charge in [-0.2, -0.15) is 0 Å². The van der Waals surface area contributed by atoms with Crippen LogP contribution in [0, 0.1) is 0 Å². The number of hydrogen-bond donors (Lipinski definition) is 3. The molecule has 0 aromatic heterocycles. The normalized spacial score (nSPS) is 16.3. The molecule has 5 heteroatoms. The first-order valence-electron chi connectivity index (χ1n) is 8.15. The number of ether oxygens (including phenoxy) is 2. The lowest BCUT2D eigenvalue weighted by atomic mass is 9.90. The van der Waals surface area contributed by atoms with Crippen LogP contribution < -0.4 is 0 Å². The molecule has 1 heterocycles. The molecule has 0 radical (unpaired) electrons. The lowest BCUT2D eigenvalue weighted by Gasteiger charge is -2.18. The van der Waals surface area contributed by atoms with Crippen molar-refractivity contribution >= 4 is 0 Å². The number of phenolic OH excluding ortho intramolecular Hbond substituents is 3. The molecule has 1 saturated heterocycles. The number of benzene rings is 2. The van der Waals surface area contributed by atoms with E-state index in [2.05, 4.69) is 0 Å². The highest BCUT2D eigenvalue weighted by atomic mass is 16.6. The standard InChI is InChI=1S/C19H22O5/c1-2-15-16(6-7-23-10-14-11-24-14)19(18(22)9-17(15)21)12-4-3-5-13(20)8-12/h3-5,8-9,14,20-22H,2,6-7,10-11H2,1H3. The molecule has 1 fully saturated rings. The first-order chi connectivity index (χ1) is 11.6. The zero-order valence-electron chi connectivity index (χ0n) is 13.7. The topological polar surface area (TPSA) is 82.5 Å². The molecule has 128 valence electrons. The third-order valence-corrected chi connectivity index (χ3v) is 4.20.